The maximum atomic E-state index is 11.9. The van der Waals surface area contributed by atoms with Crippen LogP contribution in [-0.2, 0) is 10.0 Å². The number of phenols is 1. The maximum absolute atomic E-state index is 11.9. The smallest absolute Gasteiger partial charge is 0.339 e. The number of benzene rings is 1. The standard InChI is InChI=1S/C11H15NO6S/c1-7(4-5-13)12-19(17,18)8-2-3-10(14)9(6-8)11(15)16/h2-3,6-7,12-14H,4-5H2,1H3,(H,15,16). The molecule has 4 N–H and O–H groups in total. The number of carbonyl (C=O) groups is 1. The Labute approximate surface area is 110 Å². The second kappa shape index (κ2) is 6.00. The molecule has 1 unspecified atom stereocenters. The number of aromatic hydroxyl groups is 1. The summed E-state index contributed by atoms with van der Waals surface area (Å²) in [6.45, 7) is 1.41. The van der Waals surface area contributed by atoms with Gasteiger partial charge in [-0.25, -0.2) is 17.9 Å². The summed E-state index contributed by atoms with van der Waals surface area (Å²) in [5, 5.41) is 26.8. The van der Waals surface area contributed by atoms with Gasteiger partial charge < -0.3 is 15.3 Å². The highest BCUT2D eigenvalue weighted by Gasteiger charge is 2.20. The zero-order valence-corrected chi connectivity index (χ0v) is 11.0. The summed E-state index contributed by atoms with van der Waals surface area (Å²) in [6.07, 6.45) is 0.239. The van der Waals surface area contributed by atoms with Crippen molar-refractivity contribution in [2.75, 3.05) is 6.61 Å². The molecule has 106 valence electrons. The average molecular weight is 289 g/mol. The minimum atomic E-state index is -3.89. The van der Waals surface area contributed by atoms with Gasteiger partial charge in [0.25, 0.3) is 0 Å². The second-order valence-electron chi connectivity index (χ2n) is 4.02. The largest absolute Gasteiger partial charge is 0.507 e. The van der Waals surface area contributed by atoms with Crippen molar-refractivity contribution in [1.82, 2.24) is 4.72 Å². The fraction of sp³-hybridized carbons (Fsp3) is 0.364. The molecule has 0 heterocycles. The van der Waals surface area contributed by atoms with Crippen LogP contribution in [0.2, 0.25) is 0 Å². The van der Waals surface area contributed by atoms with E-state index in [0.717, 1.165) is 18.2 Å². The summed E-state index contributed by atoms with van der Waals surface area (Å²) in [5.74, 6) is -1.92. The lowest BCUT2D eigenvalue weighted by atomic mass is 10.2. The number of rotatable bonds is 6. The summed E-state index contributed by atoms with van der Waals surface area (Å²) in [4.78, 5) is 10.6. The van der Waals surface area contributed by atoms with Gasteiger partial charge in [0, 0.05) is 12.6 Å². The number of sulfonamides is 1. The molecule has 0 spiro atoms. The molecule has 1 rings (SSSR count). The lowest BCUT2D eigenvalue weighted by Gasteiger charge is -2.13. The highest BCUT2D eigenvalue weighted by Crippen LogP contribution is 2.21. The Kier molecular flexibility index (Phi) is 4.87. The van der Waals surface area contributed by atoms with Gasteiger partial charge in [0.15, 0.2) is 0 Å². The number of aliphatic hydroxyl groups excluding tert-OH is 1. The molecule has 0 amide bonds. The zero-order chi connectivity index (χ0) is 14.6. The van der Waals surface area contributed by atoms with Crippen LogP contribution in [0, 0.1) is 0 Å². The van der Waals surface area contributed by atoms with Gasteiger partial charge in [-0.3, -0.25) is 0 Å². The van der Waals surface area contributed by atoms with E-state index in [9.17, 15) is 18.3 Å². The predicted molar refractivity (Wildman–Crippen MR) is 66.6 cm³/mol. The topological polar surface area (TPSA) is 124 Å². The molecule has 0 aliphatic heterocycles. The van der Waals surface area contributed by atoms with Crippen molar-refractivity contribution in [3.8, 4) is 5.75 Å². The van der Waals surface area contributed by atoms with Gasteiger partial charge >= 0.3 is 5.97 Å². The van der Waals surface area contributed by atoms with Crippen molar-refractivity contribution < 1.29 is 28.5 Å². The van der Waals surface area contributed by atoms with E-state index in [-0.39, 0.29) is 17.9 Å². The molecule has 0 aromatic heterocycles. The SMILES string of the molecule is CC(CCO)NS(=O)(=O)c1ccc(O)c(C(=O)O)c1. The first-order valence-corrected chi connectivity index (χ1v) is 6.95. The number of hydrogen-bond acceptors (Lipinski definition) is 5. The van der Waals surface area contributed by atoms with Crippen LogP contribution in [0.1, 0.15) is 23.7 Å². The first kappa shape index (κ1) is 15.4. The highest BCUT2D eigenvalue weighted by molar-refractivity contribution is 7.89. The van der Waals surface area contributed by atoms with Gasteiger partial charge in [-0.15, -0.1) is 0 Å². The molecule has 19 heavy (non-hydrogen) atoms. The third-order valence-corrected chi connectivity index (χ3v) is 4.01. The van der Waals surface area contributed by atoms with Gasteiger partial charge in [0.1, 0.15) is 11.3 Å². The predicted octanol–water partition coefficient (Wildman–Crippen LogP) is 0.140. The van der Waals surface area contributed by atoms with Crippen molar-refractivity contribution in [3.63, 3.8) is 0 Å². The molecule has 1 aromatic rings. The van der Waals surface area contributed by atoms with E-state index in [2.05, 4.69) is 4.72 Å². The molecule has 0 radical (unpaired) electrons. The first-order valence-electron chi connectivity index (χ1n) is 5.47. The Morgan fingerprint density at radius 2 is 2.05 bits per heavy atom. The Balaban J connectivity index is 3.08. The summed E-state index contributed by atoms with van der Waals surface area (Å²) < 4.78 is 26.2. The van der Waals surface area contributed by atoms with Crippen LogP contribution in [0.25, 0.3) is 0 Å². The zero-order valence-electron chi connectivity index (χ0n) is 10.2. The molecular formula is C11H15NO6S. The van der Waals surface area contributed by atoms with Crippen molar-refractivity contribution in [2.24, 2.45) is 0 Å². The molecule has 0 saturated carbocycles. The Bertz CT molecular complexity index is 569. The highest BCUT2D eigenvalue weighted by atomic mass is 32.2. The Morgan fingerprint density at radius 1 is 1.42 bits per heavy atom. The molecule has 1 aromatic carbocycles. The van der Waals surface area contributed by atoms with E-state index in [1.165, 1.54) is 0 Å². The van der Waals surface area contributed by atoms with Gasteiger partial charge in [0.05, 0.1) is 4.90 Å². The quantitative estimate of drug-likeness (QED) is 0.590. The van der Waals surface area contributed by atoms with Gasteiger partial charge in [0.2, 0.25) is 10.0 Å². The van der Waals surface area contributed by atoms with E-state index in [1.54, 1.807) is 6.92 Å². The van der Waals surface area contributed by atoms with Gasteiger partial charge in [-0.1, -0.05) is 0 Å². The minimum Gasteiger partial charge on any atom is -0.507 e. The van der Waals surface area contributed by atoms with Crippen LogP contribution in [0.3, 0.4) is 0 Å². The molecule has 0 aliphatic carbocycles. The van der Waals surface area contributed by atoms with Crippen LogP contribution in [0.15, 0.2) is 23.1 Å². The van der Waals surface area contributed by atoms with Crippen LogP contribution in [0.5, 0.6) is 5.75 Å². The lowest BCUT2D eigenvalue weighted by Crippen LogP contribution is -2.33. The molecule has 0 fully saturated rings. The molecule has 7 nitrogen and oxygen atoms in total. The molecule has 0 saturated heterocycles. The number of aliphatic hydroxyl groups is 1. The normalized spacial score (nSPS) is 13.2. The number of aromatic carboxylic acids is 1. The van der Waals surface area contributed by atoms with E-state index in [0.29, 0.717) is 0 Å². The molecule has 8 heteroatoms. The molecule has 0 bridgehead atoms. The van der Waals surface area contributed by atoms with E-state index < -0.39 is 33.3 Å². The number of carboxylic acids is 1. The van der Waals surface area contributed by atoms with E-state index in [4.69, 9.17) is 10.2 Å². The first-order chi connectivity index (χ1) is 8.77. The third-order valence-electron chi connectivity index (χ3n) is 2.43. The molecular weight excluding hydrogens is 274 g/mol. The minimum absolute atomic E-state index is 0.167. The van der Waals surface area contributed by atoms with Crippen molar-refractivity contribution in [2.45, 2.75) is 24.3 Å². The molecule has 1 atom stereocenters. The summed E-state index contributed by atoms with van der Waals surface area (Å²) in [6, 6.07) is 2.51. The van der Waals surface area contributed by atoms with Gasteiger partial charge in [-0.2, -0.15) is 0 Å². The van der Waals surface area contributed by atoms with Crippen LogP contribution < -0.4 is 4.72 Å². The Hall–Kier alpha value is -1.64. The van der Waals surface area contributed by atoms with Crippen molar-refractivity contribution in [3.05, 3.63) is 23.8 Å². The maximum Gasteiger partial charge on any atom is 0.339 e. The summed E-state index contributed by atoms with van der Waals surface area (Å²) in [5.41, 5.74) is -0.488. The fourth-order valence-electron chi connectivity index (χ4n) is 1.44. The van der Waals surface area contributed by atoms with Crippen LogP contribution in [-0.4, -0.2) is 42.4 Å². The number of nitrogens with one attached hydrogen (secondary N) is 1. The van der Waals surface area contributed by atoms with Crippen molar-refractivity contribution >= 4 is 16.0 Å². The van der Waals surface area contributed by atoms with E-state index >= 15 is 0 Å². The fourth-order valence-corrected chi connectivity index (χ4v) is 2.74. The van der Waals surface area contributed by atoms with Gasteiger partial charge in [-0.05, 0) is 31.5 Å². The van der Waals surface area contributed by atoms with E-state index in [1.807, 2.05) is 0 Å². The summed E-state index contributed by atoms with van der Waals surface area (Å²) in [7, 11) is -3.89. The molecule has 0 aliphatic rings. The second-order valence-corrected chi connectivity index (χ2v) is 5.73. The number of hydrogen-bond donors (Lipinski definition) is 4. The van der Waals surface area contributed by atoms with Crippen LogP contribution in [0.4, 0.5) is 0 Å². The Morgan fingerprint density at radius 3 is 2.58 bits per heavy atom. The average Bonchev–Trinajstić information content (AvgIpc) is 2.28. The third kappa shape index (κ3) is 3.91. The number of carboxylic acid groups (broad SMARTS) is 1. The van der Waals surface area contributed by atoms with Crippen molar-refractivity contribution in [1.29, 1.82) is 0 Å². The lowest BCUT2D eigenvalue weighted by molar-refractivity contribution is 0.0693. The van der Waals surface area contributed by atoms with Crippen LogP contribution >= 0.6 is 0 Å². The summed E-state index contributed by atoms with van der Waals surface area (Å²) >= 11 is 0. The monoisotopic (exact) mass is 289 g/mol.